The molecule has 90 valence electrons. The van der Waals surface area contributed by atoms with Gasteiger partial charge in [-0.05, 0) is 19.4 Å². The number of aromatic nitrogens is 1. The van der Waals surface area contributed by atoms with Gasteiger partial charge in [0.15, 0.2) is 0 Å². The van der Waals surface area contributed by atoms with Gasteiger partial charge in [0, 0.05) is 24.8 Å². The van der Waals surface area contributed by atoms with E-state index >= 15 is 0 Å². The zero-order chi connectivity index (χ0) is 11.8. The van der Waals surface area contributed by atoms with E-state index in [9.17, 15) is 0 Å². The maximum absolute atomic E-state index is 5.72. The third-order valence-corrected chi connectivity index (χ3v) is 2.49. The van der Waals surface area contributed by atoms with Crippen LogP contribution >= 0.6 is 11.6 Å². The Morgan fingerprint density at radius 2 is 2.31 bits per heavy atom. The van der Waals surface area contributed by atoms with E-state index in [2.05, 4.69) is 24.1 Å². The minimum atomic E-state index is 0.548. The maximum atomic E-state index is 5.72. The molecule has 0 saturated carbocycles. The third-order valence-electron chi connectivity index (χ3n) is 2.27. The summed E-state index contributed by atoms with van der Waals surface area (Å²) in [6, 6.07) is 4.10. The standard InChI is InChI=1S/C12H19ClN2O/c1-3-4-10(2)14-7-8-16-12-6-5-11(13)9-15-12/h5-6,9-10,14H,3-4,7-8H2,1-2H3. The summed E-state index contributed by atoms with van der Waals surface area (Å²) in [5, 5.41) is 4.01. The molecule has 1 atom stereocenters. The molecule has 1 rings (SSSR count). The lowest BCUT2D eigenvalue weighted by atomic mass is 10.2. The number of hydrogen-bond donors (Lipinski definition) is 1. The van der Waals surface area contributed by atoms with Crippen molar-refractivity contribution in [1.29, 1.82) is 0 Å². The van der Waals surface area contributed by atoms with E-state index in [1.54, 1.807) is 18.3 Å². The van der Waals surface area contributed by atoms with E-state index < -0.39 is 0 Å². The van der Waals surface area contributed by atoms with Gasteiger partial charge in [0.05, 0.1) is 5.02 Å². The number of nitrogens with zero attached hydrogens (tertiary/aromatic N) is 1. The first-order valence-electron chi connectivity index (χ1n) is 5.70. The molecule has 3 nitrogen and oxygen atoms in total. The molecule has 1 aromatic rings. The summed E-state index contributed by atoms with van der Waals surface area (Å²) in [6.07, 6.45) is 3.98. The van der Waals surface area contributed by atoms with Gasteiger partial charge in [-0.2, -0.15) is 0 Å². The predicted octanol–water partition coefficient (Wildman–Crippen LogP) is 2.89. The van der Waals surface area contributed by atoms with Crippen molar-refractivity contribution in [2.45, 2.75) is 32.7 Å². The molecule has 1 aromatic heterocycles. The minimum absolute atomic E-state index is 0.548. The minimum Gasteiger partial charge on any atom is -0.476 e. The Bertz CT molecular complexity index is 290. The Morgan fingerprint density at radius 3 is 2.94 bits per heavy atom. The second-order valence-electron chi connectivity index (χ2n) is 3.81. The van der Waals surface area contributed by atoms with Crippen LogP contribution in [0.25, 0.3) is 0 Å². The van der Waals surface area contributed by atoms with Gasteiger partial charge < -0.3 is 10.1 Å². The number of hydrogen-bond acceptors (Lipinski definition) is 3. The zero-order valence-corrected chi connectivity index (χ0v) is 10.6. The Labute approximate surface area is 102 Å². The van der Waals surface area contributed by atoms with Gasteiger partial charge in [-0.3, -0.25) is 0 Å². The molecule has 4 heteroatoms. The van der Waals surface area contributed by atoms with Crippen LogP contribution in [0.2, 0.25) is 5.02 Å². The van der Waals surface area contributed by atoms with E-state index in [1.807, 2.05) is 0 Å². The molecule has 0 amide bonds. The van der Waals surface area contributed by atoms with Crippen LogP contribution in [0.3, 0.4) is 0 Å². The van der Waals surface area contributed by atoms with E-state index in [0.717, 1.165) is 6.54 Å². The average Bonchev–Trinajstić information content (AvgIpc) is 2.27. The van der Waals surface area contributed by atoms with Crippen LogP contribution in [0.15, 0.2) is 18.3 Å². The first-order valence-corrected chi connectivity index (χ1v) is 6.08. The lowest BCUT2D eigenvalue weighted by Crippen LogP contribution is -2.30. The van der Waals surface area contributed by atoms with Crippen molar-refractivity contribution in [3.63, 3.8) is 0 Å². The monoisotopic (exact) mass is 242 g/mol. The van der Waals surface area contributed by atoms with Crippen LogP contribution in [0.1, 0.15) is 26.7 Å². The van der Waals surface area contributed by atoms with E-state index in [4.69, 9.17) is 16.3 Å². The normalized spacial score (nSPS) is 12.4. The molecule has 1 N–H and O–H groups in total. The van der Waals surface area contributed by atoms with Gasteiger partial charge in [-0.25, -0.2) is 4.98 Å². The summed E-state index contributed by atoms with van der Waals surface area (Å²) in [4.78, 5) is 4.05. The molecule has 16 heavy (non-hydrogen) atoms. The van der Waals surface area contributed by atoms with Crippen molar-refractivity contribution < 1.29 is 4.74 Å². The fourth-order valence-electron chi connectivity index (χ4n) is 1.44. The van der Waals surface area contributed by atoms with E-state index in [0.29, 0.717) is 23.6 Å². The molecule has 0 spiro atoms. The molecule has 0 fully saturated rings. The Balaban J connectivity index is 2.13. The molecule has 0 saturated heterocycles. The van der Waals surface area contributed by atoms with Crippen molar-refractivity contribution in [2.75, 3.05) is 13.2 Å². The highest BCUT2D eigenvalue weighted by Gasteiger charge is 1.99. The van der Waals surface area contributed by atoms with Crippen LogP contribution < -0.4 is 10.1 Å². The van der Waals surface area contributed by atoms with Gasteiger partial charge in [0.25, 0.3) is 0 Å². The lowest BCUT2D eigenvalue weighted by Gasteiger charge is -2.12. The summed E-state index contributed by atoms with van der Waals surface area (Å²) < 4.78 is 5.46. The number of rotatable bonds is 7. The van der Waals surface area contributed by atoms with Crippen LogP contribution in [0.4, 0.5) is 0 Å². The molecule has 0 radical (unpaired) electrons. The highest BCUT2D eigenvalue weighted by atomic mass is 35.5. The number of halogens is 1. The fourth-order valence-corrected chi connectivity index (χ4v) is 1.56. The molecule has 1 unspecified atom stereocenters. The summed E-state index contributed by atoms with van der Waals surface area (Å²) in [7, 11) is 0. The SMILES string of the molecule is CCCC(C)NCCOc1ccc(Cl)cn1. The van der Waals surface area contributed by atoms with Gasteiger partial charge >= 0.3 is 0 Å². The Hall–Kier alpha value is -0.800. The summed E-state index contributed by atoms with van der Waals surface area (Å²) in [6.45, 7) is 5.84. The molecule has 0 aliphatic rings. The summed E-state index contributed by atoms with van der Waals surface area (Å²) in [5.74, 6) is 0.620. The third kappa shape index (κ3) is 5.33. The zero-order valence-electron chi connectivity index (χ0n) is 9.87. The summed E-state index contributed by atoms with van der Waals surface area (Å²) in [5.41, 5.74) is 0. The first-order chi connectivity index (χ1) is 7.72. The van der Waals surface area contributed by atoms with Gasteiger partial charge in [-0.1, -0.05) is 24.9 Å². The van der Waals surface area contributed by atoms with Crippen LogP contribution in [-0.2, 0) is 0 Å². The average molecular weight is 243 g/mol. The first kappa shape index (κ1) is 13.3. The second-order valence-corrected chi connectivity index (χ2v) is 4.24. The van der Waals surface area contributed by atoms with Crippen LogP contribution in [0, 0.1) is 0 Å². The van der Waals surface area contributed by atoms with Crippen molar-refractivity contribution in [1.82, 2.24) is 10.3 Å². The number of nitrogens with one attached hydrogen (secondary N) is 1. The molecule has 0 aromatic carbocycles. The summed E-state index contributed by atoms with van der Waals surface area (Å²) >= 11 is 5.72. The van der Waals surface area contributed by atoms with E-state index in [-0.39, 0.29) is 0 Å². The van der Waals surface area contributed by atoms with Crippen molar-refractivity contribution in [2.24, 2.45) is 0 Å². The molecule has 0 aliphatic heterocycles. The Morgan fingerprint density at radius 1 is 1.50 bits per heavy atom. The molecular formula is C12H19ClN2O. The van der Waals surface area contributed by atoms with Crippen molar-refractivity contribution in [3.05, 3.63) is 23.4 Å². The maximum Gasteiger partial charge on any atom is 0.213 e. The van der Waals surface area contributed by atoms with Crippen molar-refractivity contribution >= 4 is 11.6 Å². The highest BCUT2D eigenvalue weighted by molar-refractivity contribution is 6.30. The largest absolute Gasteiger partial charge is 0.476 e. The molecular weight excluding hydrogens is 224 g/mol. The van der Waals surface area contributed by atoms with Crippen molar-refractivity contribution in [3.8, 4) is 5.88 Å². The van der Waals surface area contributed by atoms with Gasteiger partial charge in [0.1, 0.15) is 6.61 Å². The van der Waals surface area contributed by atoms with Crippen LogP contribution in [-0.4, -0.2) is 24.2 Å². The fraction of sp³-hybridized carbons (Fsp3) is 0.583. The topological polar surface area (TPSA) is 34.1 Å². The van der Waals surface area contributed by atoms with Crippen LogP contribution in [0.5, 0.6) is 5.88 Å². The predicted molar refractivity (Wildman–Crippen MR) is 67.1 cm³/mol. The molecule has 1 heterocycles. The highest BCUT2D eigenvalue weighted by Crippen LogP contribution is 2.10. The molecule has 0 aliphatic carbocycles. The van der Waals surface area contributed by atoms with Gasteiger partial charge in [0.2, 0.25) is 5.88 Å². The molecule has 0 bridgehead atoms. The van der Waals surface area contributed by atoms with E-state index in [1.165, 1.54) is 12.8 Å². The quantitative estimate of drug-likeness (QED) is 0.747. The van der Waals surface area contributed by atoms with Gasteiger partial charge in [-0.15, -0.1) is 0 Å². The lowest BCUT2D eigenvalue weighted by molar-refractivity contribution is 0.294. The second kappa shape index (κ2) is 7.47. The smallest absolute Gasteiger partial charge is 0.213 e. The number of pyridine rings is 1. The Kier molecular flexibility index (Phi) is 6.19. The number of ether oxygens (including phenoxy) is 1.